The highest BCUT2D eigenvalue weighted by Gasteiger charge is 2.24. The summed E-state index contributed by atoms with van der Waals surface area (Å²) in [4.78, 5) is 16.9. The second-order valence-corrected chi connectivity index (χ2v) is 5.46. The number of halogens is 1. The molecule has 20 heavy (non-hydrogen) atoms. The fourth-order valence-electron chi connectivity index (χ4n) is 2.89. The molecule has 1 N–H and O–H groups in total. The number of piperazine rings is 1. The third-order valence-corrected chi connectivity index (χ3v) is 4.12. The molecule has 1 aromatic carbocycles. The molecular formula is C15H22ClN3O. The molecule has 1 amide bonds. The minimum Gasteiger partial charge on any atom is -0.385 e. The highest BCUT2D eigenvalue weighted by atomic mass is 35.5. The van der Waals surface area contributed by atoms with E-state index in [1.807, 2.05) is 17.0 Å². The molecule has 0 radical (unpaired) electrons. The molecule has 0 saturated carbocycles. The van der Waals surface area contributed by atoms with Crippen molar-refractivity contribution in [2.75, 3.05) is 45.1 Å². The summed E-state index contributed by atoms with van der Waals surface area (Å²) >= 11 is 0. The number of benzene rings is 1. The van der Waals surface area contributed by atoms with Gasteiger partial charge in [-0.15, -0.1) is 12.4 Å². The topological polar surface area (TPSA) is 35.6 Å². The number of carbonyl (C=O) groups excluding carboxylic acids is 1. The van der Waals surface area contributed by atoms with Gasteiger partial charge in [0, 0.05) is 44.0 Å². The van der Waals surface area contributed by atoms with Crippen molar-refractivity contribution in [2.45, 2.75) is 12.8 Å². The number of fused-ring (bicyclic) bond motifs is 1. The van der Waals surface area contributed by atoms with E-state index in [-0.39, 0.29) is 18.3 Å². The van der Waals surface area contributed by atoms with Crippen LogP contribution in [0.15, 0.2) is 18.2 Å². The second kappa shape index (κ2) is 6.46. The lowest BCUT2D eigenvalue weighted by Gasteiger charge is -2.33. The summed E-state index contributed by atoms with van der Waals surface area (Å²) in [5, 5.41) is 3.39. The van der Waals surface area contributed by atoms with Crippen molar-refractivity contribution in [3.63, 3.8) is 0 Å². The predicted octanol–water partition coefficient (Wildman–Crippen LogP) is 1.85. The summed E-state index contributed by atoms with van der Waals surface area (Å²) in [5.41, 5.74) is 3.25. The Kier molecular flexibility index (Phi) is 4.89. The van der Waals surface area contributed by atoms with Crippen LogP contribution in [0.25, 0.3) is 0 Å². The zero-order valence-electron chi connectivity index (χ0n) is 11.9. The molecule has 110 valence electrons. The molecule has 1 aromatic rings. The molecule has 4 nitrogen and oxygen atoms in total. The van der Waals surface area contributed by atoms with Crippen LogP contribution in [-0.4, -0.2) is 55.5 Å². The summed E-state index contributed by atoms with van der Waals surface area (Å²) < 4.78 is 0. The fraction of sp³-hybridized carbons (Fsp3) is 0.533. The molecule has 2 aliphatic rings. The number of hydrogen-bond donors (Lipinski definition) is 1. The van der Waals surface area contributed by atoms with E-state index in [1.165, 1.54) is 5.56 Å². The molecule has 3 rings (SSSR count). The Morgan fingerprint density at radius 2 is 1.95 bits per heavy atom. The average molecular weight is 296 g/mol. The van der Waals surface area contributed by atoms with Gasteiger partial charge in [0.2, 0.25) is 0 Å². The van der Waals surface area contributed by atoms with Gasteiger partial charge in [0.05, 0.1) is 0 Å². The third kappa shape index (κ3) is 2.91. The van der Waals surface area contributed by atoms with Crippen LogP contribution < -0.4 is 5.32 Å². The van der Waals surface area contributed by atoms with Gasteiger partial charge in [-0.05, 0) is 37.6 Å². The third-order valence-electron chi connectivity index (χ3n) is 4.12. The first-order valence-electron chi connectivity index (χ1n) is 7.09. The zero-order valence-corrected chi connectivity index (χ0v) is 12.7. The van der Waals surface area contributed by atoms with Gasteiger partial charge in [-0.25, -0.2) is 0 Å². The lowest BCUT2D eigenvalue weighted by Crippen LogP contribution is -2.47. The van der Waals surface area contributed by atoms with E-state index in [9.17, 15) is 4.79 Å². The Morgan fingerprint density at radius 1 is 1.20 bits per heavy atom. The molecule has 0 unspecified atom stereocenters. The molecule has 1 fully saturated rings. The second-order valence-electron chi connectivity index (χ2n) is 5.46. The summed E-state index contributed by atoms with van der Waals surface area (Å²) in [6.45, 7) is 4.63. The quantitative estimate of drug-likeness (QED) is 0.859. The number of nitrogens with zero attached hydrogens (tertiary/aromatic N) is 2. The lowest BCUT2D eigenvalue weighted by atomic mass is 9.96. The molecule has 5 heteroatoms. The van der Waals surface area contributed by atoms with Crippen molar-refractivity contribution in [1.82, 2.24) is 9.80 Å². The van der Waals surface area contributed by atoms with Gasteiger partial charge in [-0.3, -0.25) is 4.79 Å². The highest BCUT2D eigenvalue weighted by molar-refractivity contribution is 5.97. The van der Waals surface area contributed by atoms with Crippen LogP contribution in [0.4, 0.5) is 5.69 Å². The normalized spacial score (nSPS) is 18.8. The maximum absolute atomic E-state index is 12.7. The Hall–Kier alpha value is -1.26. The molecule has 1 saturated heterocycles. The number of amides is 1. The van der Waals surface area contributed by atoms with Crippen molar-refractivity contribution in [3.8, 4) is 0 Å². The molecule has 0 aromatic heterocycles. The van der Waals surface area contributed by atoms with Gasteiger partial charge in [0.25, 0.3) is 5.91 Å². The zero-order chi connectivity index (χ0) is 13.2. The van der Waals surface area contributed by atoms with Gasteiger partial charge in [-0.2, -0.15) is 0 Å². The van der Waals surface area contributed by atoms with Crippen molar-refractivity contribution < 1.29 is 4.79 Å². The first-order valence-corrected chi connectivity index (χ1v) is 7.09. The maximum atomic E-state index is 12.7. The molecule has 0 aliphatic carbocycles. The number of anilines is 1. The fourth-order valence-corrected chi connectivity index (χ4v) is 2.89. The van der Waals surface area contributed by atoms with E-state index in [0.29, 0.717) is 0 Å². The maximum Gasteiger partial charge on any atom is 0.254 e. The molecule has 2 aliphatic heterocycles. The van der Waals surface area contributed by atoms with Crippen molar-refractivity contribution in [1.29, 1.82) is 0 Å². The van der Waals surface area contributed by atoms with E-state index in [2.05, 4.69) is 23.3 Å². The van der Waals surface area contributed by atoms with Crippen LogP contribution in [0.3, 0.4) is 0 Å². The molecule has 0 spiro atoms. The van der Waals surface area contributed by atoms with Crippen LogP contribution in [-0.2, 0) is 6.42 Å². The van der Waals surface area contributed by atoms with Crippen molar-refractivity contribution >= 4 is 24.0 Å². The smallest absolute Gasteiger partial charge is 0.254 e. The van der Waals surface area contributed by atoms with Gasteiger partial charge in [0.1, 0.15) is 0 Å². The predicted molar refractivity (Wildman–Crippen MR) is 83.9 cm³/mol. The van der Waals surface area contributed by atoms with E-state index in [4.69, 9.17) is 0 Å². The Labute approximate surface area is 126 Å². The summed E-state index contributed by atoms with van der Waals surface area (Å²) in [7, 11) is 2.11. The first-order chi connectivity index (χ1) is 9.25. The largest absolute Gasteiger partial charge is 0.385 e. The van der Waals surface area contributed by atoms with Crippen LogP contribution in [0.5, 0.6) is 0 Å². The van der Waals surface area contributed by atoms with Gasteiger partial charge in [-0.1, -0.05) is 6.07 Å². The summed E-state index contributed by atoms with van der Waals surface area (Å²) in [6, 6.07) is 6.04. The summed E-state index contributed by atoms with van der Waals surface area (Å²) in [5.74, 6) is 0.202. The number of likely N-dealkylation sites (N-methyl/N-ethyl adjacent to an activating group) is 1. The number of nitrogens with one attached hydrogen (secondary N) is 1. The van der Waals surface area contributed by atoms with Crippen molar-refractivity contribution in [2.24, 2.45) is 0 Å². The number of rotatable bonds is 1. The Balaban J connectivity index is 0.00000147. The standard InChI is InChI=1S/C15H21N3O.ClH/c1-17-8-10-18(11-9-17)15(19)13-4-2-6-14-12(13)5-3-7-16-14;/h2,4,6,16H,3,5,7-11H2,1H3;1H. The van der Waals surface area contributed by atoms with Crippen LogP contribution >= 0.6 is 12.4 Å². The first kappa shape index (κ1) is 15.1. The van der Waals surface area contributed by atoms with Crippen LogP contribution in [0.1, 0.15) is 22.3 Å². The van der Waals surface area contributed by atoms with Gasteiger partial charge >= 0.3 is 0 Å². The average Bonchev–Trinajstić information content (AvgIpc) is 2.47. The Bertz CT molecular complexity index is 484. The monoisotopic (exact) mass is 295 g/mol. The van der Waals surface area contributed by atoms with Gasteiger partial charge < -0.3 is 15.1 Å². The highest BCUT2D eigenvalue weighted by Crippen LogP contribution is 2.26. The van der Waals surface area contributed by atoms with E-state index >= 15 is 0 Å². The van der Waals surface area contributed by atoms with Crippen molar-refractivity contribution in [3.05, 3.63) is 29.3 Å². The minimum atomic E-state index is 0. The SMILES string of the molecule is CN1CCN(C(=O)c2cccc3c2CCCN3)CC1.Cl. The Morgan fingerprint density at radius 3 is 2.70 bits per heavy atom. The summed E-state index contributed by atoms with van der Waals surface area (Å²) in [6.07, 6.45) is 2.12. The number of hydrogen-bond acceptors (Lipinski definition) is 3. The molecular weight excluding hydrogens is 274 g/mol. The number of carbonyl (C=O) groups is 1. The van der Waals surface area contributed by atoms with Crippen LogP contribution in [0.2, 0.25) is 0 Å². The lowest BCUT2D eigenvalue weighted by molar-refractivity contribution is 0.0663. The van der Waals surface area contributed by atoms with Gasteiger partial charge in [0.15, 0.2) is 0 Å². The molecule has 2 heterocycles. The van der Waals surface area contributed by atoms with E-state index < -0.39 is 0 Å². The molecule has 0 atom stereocenters. The molecule has 0 bridgehead atoms. The minimum absolute atomic E-state index is 0. The van der Waals surface area contributed by atoms with E-state index in [1.54, 1.807) is 0 Å². The van der Waals surface area contributed by atoms with E-state index in [0.717, 1.165) is 56.8 Å². The van der Waals surface area contributed by atoms with Crippen LogP contribution in [0, 0.1) is 0 Å².